The van der Waals surface area contributed by atoms with Gasteiger partial charge in [-0.2, -0.15) is 0 Å². The normalized spacial score (nSPS) is 14.1. The van der Waals surface area contributed by atoms with Crippen LogP contribution >= 0.6 is 0 Å². The first kappa shape index (κ1) is 17.1. The molecule has 0 bridgehead atoms. The molecule has 0 spiro atoms. The summed E-state index contributed by atoms with van der Waals surface area (Å²) < 4.78 is 5.03. The van der Waals surface area contributed by atoms with Crippen molar-refractivity contribution in [2.75, 3.05) is 6.61 Å². The smallest absolute Gasteiger partial charge is 0.319 e. The number of esters is 1. The SMILES string of the molecule is CCOC(=O)C(C(=O)NC(C)c1ccncc1)C(C)(C)C. The second kappa shape index (κ2) is 7.20. The van der Waals surface area contributed by atoms with Gasteiger partial charge in [-0.15, -0.1) is 0 Å². The summed E-state index contributed by atoms with van der Waals surface area (Å²) in [6.07, 6.45) is 3.34. The zero-order valence-corrected chi connectivity index (χ0v) is 13.3. The number of carbonyl (C=O) groups excluding carboxylic acids is 2. The Labute approximate surface area is 126 Å². The van der Waals surface area contributed by atoms with Crippen LogP contribution in [0.25, 0.3) is 0 Å². The maximum absolute atomic E-state index is 12.5. The van der Waals surface area contributed by atoms with Gasteiger partial charge in [0.15, 0.2) is 0 Å². The molecule has 5 heteroatoms. The molecule has 1 rings (SSSR count). The van der Waals surface area contributed by atoms with Crippen molar-refractivity contribution in [2.24, 2.45) is 11.3 Å². The van der Waals surface area contributed by atoms with Gasteiger partial charge >= 0.3 is 5.97 Å². The van der Waals surface area contributed by atoms with Gasteiger partial charge in [0.25, 0.3) is 0 Å². The summed E-state index contributed by atoms with van der Waals surface area (Å²) in [6, 6.07) is 3.47. The lowest BCUT2D eigenvalue weighted by atomic mass is 9.80. The molecule has 0 radical (unpaired) electrons. The lowest BCUT2D eigenvalue weighted by Crippen LogP contribution is -2.44. The number of rotatable bonds is 5. The Hall–Kier alpha value is -1.91. The third kappa shape index (κ3) is 4.85. The third-order valence-corrected chi connectivity index (χ3v) is 3.22. The average Bonchev–Trinajstić information content (AvgIpc) is 2.38. The number of amides is 1. The van der Waals surface area contributed by atoms with Gasteiger partial charge in [0.05, 0.1) is 12.6 Å². The summed E-state index contributed by atoms with van der Waals surface area (Å²) in [4.78, 5) is 28.5. The molecule has 5 nitrogen and oxygen atoms in total. The molecule has 116 valence electrons. The molecule has 2 unspecified atom stereocenters. The lowest BCUT2D eigenvalue weighted by molar-refractivity contribution is -0.156. The summed E-state index contributed by atoms with van der Waals surface area (Å²) in [5, 5.41) is 2.87. The van der Waals surface area contributed by atoms with Crippen LogP contribution in [-0.4, -0.2) is 23.5 Å². The zero-order chi connectivity index (χ0) is 16.0. The van der Waals surface area contributed by atoms with Crippen LogP contribution in [0.3, 0.4) is 0 Å². The molecule has 1 aromatic rings. The van der Waals surface area contributed by atoms with Crippen LogP contribution < -0.4 is 5.32 Å². The summed E-state index contributed by atoms with van der Waals surface area (Å²) in [7, 11) is 0. The quantitative estimate of drug-likeness (QED) is 0.668. The van der Waals surface area contributed by atoms with E-state index in [0.717, 1.165) is 5.56 Å². The number of carbonyl (C=O) groups is 2. The van der Waals surface area contributed by atoms with Crippen molar-refractivity contribution in [2.45, 2.75) is 40.7 Å². The summed E-state index contributed by atoms with van der Waals surface area (Å²) in [5.74, 6) is -1.63. The summed E-state index contributed by atoms with van der Waals surface area (Å²) >= 11 is 0. The van der Waals surface area contributed by atoms with E-state index in [2.05, 4.69) is 10.3 Å². The van der Waals surface area contributed by atoms with Crippen molar-refractivity contribution in [1.82, 2.24) is 10.3 Å². The zero-order valence-electron chi connectivity index (χ0n) is 13.3. The number of ether oxygens (including phenoxy) is 1. The van der Waals surface area contributed by atoms with Crippen LogP contribution in [0.1, 0.15) is 46.2 Å². The minimum Gasteiger partial charge on any atom is -0.465 e. The molecule has 0 aromatic carbocycles. The van der Waals surface area contributed by atoms with Crippen LogP contribution in [0.15, 0.2) is 24.5 Å². The Morgan fingerprint density at radius 1 is 1.29 bits per heavy atom. The highest BCUT2D eigenvalue weighted by atomic mass is 16.5. The maximum Gasteiger partial charge on any atom is 0.319 e. The molecule has 0 aliphatic rings. The number of hydrogen-bond donors (Lipinski definition) is 1. The van der Waals surface area contributed by atoms with Gasteiger partial charge in [-0.3, -0.25) is 14.6 Å². The first-order valence-electron chi connectivity index (χ1n) is 7.14. The largest absolute Gasteiger partial charge is 0.465 e. The fourth-order valence-corrected chi connectivity index (χ4v) is 2.11. The van der Waals surface area contributed by atoms with Crippen molar-refractivity contribution in [3.63, 3.8) is 0 Å². The van der Waals surface area contributed by atoms with Gasteiger partial charge in [-0.05, 0) is 37.0 Å². The Bertz CT molecular complexity index is 480. The Morgan fingerprint density at radius 3 is 2.33 bits per heavy atom. The number of pyridine rings is 1. The van der Waals surface area contributed by atoms with Crippen molar-refractivity contribution in [3.05, 3.63) is 30.1 Å². The van der Waals surface area contributed by atoms with Crippen LogP contribution in [0.2, 0.25) is 0 Å². The van der Waals surface area contributed by atoms with Crippen molar-refractivity contribution in [1.29, 1.82) is 0 Å². The van der Waals surface area contributed by atoms with E-state index >= 15 is 0 Å². The Balaban J connectivity index is 2.85. The van der Waals surface area contributed by atoms with Crippen LogP contribution in [0.5, 0.6) is 0 Å². The molecule has 21 heavy (non-hydrogen) atoms. The molecule has 2 atom stereocenters. The van der Waals surface area contributed by atoms with Gasteiger partial charge in [0.1, 0.15) is 5.92 Å². The topological polar surface area (TPSA) is 68.3 Å². The Morgan fingerprint density at radius 2 is 1.86 bits per heavy atom. The van der Waals surface area contributed by atoms with E-state index in [9.17, 15) is 9.59 Å². The molecular weight excluding hydrogens is 268 g/mol. The van der Waals surface area contributed by atoms with Crippen molar-refractivity contribution >= 4 is 11.9 Å². The summed E-state index contributed by atoms with van der Waals surface area (Å²) in [5.41, 5.74) is 0.434. The predicted octanol–water partition coefficient (Wildman–Crippen LogP) is 2.48. The van der Waals surface area contributed by atoms with E-state index in [1.165, 1.54) is 0 Å². The molecule has 0 aliphatic carbocycles. The van der Waals surface area contributed by atoms with Gasteiger partial charge in [0, 0.05) is 12.4 Å². The molecule has 0 fully saturated rings. The number of aromatic nitrogens is 1. The third-order valence-electron chi connectivity index (χ3n) is 3.22. The first-order chi connectivity index (χ1) is 9.77. The van der Waals surface area contributed by atoms with E-state index in [1.807, 2.05) is 39.8 Å². The number of nitrogens with one attached hydrogen (secondary N) is 1. The molecule has 0 saturated heterocycles. The maximum atomic E-state index is 12.5. The van der Waals surface area contributed by atoms with Crippen LogP contribution in [-0.2, 0) is 14.3 Å². The Kier molecular flexibility index (Phi) is 5.88. The molecule has 1 N–H and O–H groups in total. The molecular formula is C16H24N2O3. The molecule has 0 saturated carbocycles. The highest BCUT2D eigenvalue weighted by molar-refractivity contribution is 5.98. The lowest BCUT2D eigenvalue weighted by Gasteiger charge is -2.29. The molecule has 1 aromatic heterocycles. The molecule has 0 aliphatic heterocycles. The highest BCUT2D eigenvalue weighted by Gasteiger charge is 2.39. The van der Waals surface area contributed by atoms with E-state index in [1.54, 1.807) is 19.3 Å². The predicted molar refractivity (Wildman–Crippen MR) is 80.4 cm³/mol. The van der Waals surface area contributed by atoms with Crippen LogP contribution in [0.4, 0.5) is 0 Å². The van der Waals surface area contributed by atoms with E-state index in [4.69, 9.17) is 4.74 Å². The molecule has 1 heterocycles. The van der Waals surface area contributed by atoms with E-state index in [0.29, 0.717) is 0 Å². The fourth-order valence-electron chi connectivity index (χ4n) is 2.11. The minimum absolute atomic E-state index is 0.195. The van der Waals surface area contributed by atoms with Gasteiger partial charge in [-0.1, -0.05) is 20.8 Å². The van der Waals surface area contributed by atoms with Crippen molar-refractivity contribution < 1.29 is 14.3 Å². The number of nitrogens with zero attached hydrogens (tertiary/aromatic N) is 1. The van der Waals surface area contributed by atoms with Crippen LogP contribution in [0, 0.1) is 11.3 Å². The fraction of sp³-hybridized carbons (Fsp3) is 0.562. The highest BCUT2D eigenvalue weighted by Crippen LogP contribution is 2.28. The van der Waals surface area contributed by atoms with Gasteiger partial charge < -0.3 is 10.1 Å². The van der Waals surface area contributed by atoms with Gasteiger partial charge in [-0.25, -0.2) is 0 Å². The van der Waals surface area contributed by atoms with Gasteiger partial charge in [0.2, 0.25) is 5.91 Å². The number of hydrogen-bond acceptors (Lipinski definition) is 4. The van der Waals surface area contributed by atoms with Crippen molar-refractivity contribution in [3.8, 4) is 0 Å². The second-order valence-electron chi connectivity index (χ2n) is 6.06. The van der Waals surface area contributed by atoms with E-state index < -0.39 is 17.3 Å². The monoisotopic (exact) mass is 292 g/mol. The first-order valence-corrected chi connectivity index (χ1v) is 7.14. The minimum atomic E-state index is -0.832. The second-order valence-corrected chi connectivity index (χ2v) is 6.06. The van der Waals surface area contributed by atoms with E-state index in [-0.39, 0.29) is 18.6 Å². The molecule has 1 amide bonds. The summed E-state index contributed by atoms with van der Waals surface area (Å²) in [6.45, 7) is 9.42. The standard InChI is InChI=1S/C16H24N2O3/c1-6-21-15(20)13(16(3,4)5)14(19)18-11(2)12-7-9-17-10-8-12/h7-11,13H,6H2,1-5H3,(H,18,19). The average molecular weight is 292 g/mol.